The van der Waals surface area contributed by atoms with Gasteiger partial charge in [-0.15, -0.1) is 0 Å². The van der Waals surface area contributed by atoms with Crippen LogP contribution in [0.25, 0.3) is 17.0 Å². The molecule has 0 bridgehead atoms. The Kier molecular flexibility index (Phi) is 4.22. The largest absolute Gasteiger partial charge is 0.558 e. The molecule has 0 unspecified atom stereocenters. The monoisotopic (exact) mass is 293 g/mol. The molecule has 2 nitrogen and oxygen atoms in total. The average Bonchev–Trinajstić information content (AvgIpc) is 2.53. The van der Waals surface area contributed by atoms with Crippen molar-refractivity contribution in [2.24, 2.45) is 0 Å². The minimum atomic E-state index is 0.498. The third kappa shape index (κ3) is 3.44. The second-order valence-corrected chi connectivity index (χ2v) is 5.03. The summed E-state index contributed by atoms with van der Waals surface area (Å²) in [5, 5.41) is 1.82. The summed E-state index contributed by atoms with van der Waals surface area (Å²) in [4.78, 5) is 4.36. The normalized spacial score (nSPS) is 10.9. The maximum atomic E-state index is 5.85. The lowest BCUT2D eigenvalue weighted by atomic mass is 9.99. The van der Waals surface area contributed by atoms with Gasteiger partial charge in [-0.2, -0.15) is 0 Å². The molecule has 0 saturated carbocycles. The average molecular weight is 294 g/mol. The first-order chi connectivity index (χ1) is 10.3. The summed E-state index contributed by atoms with van der Waals surface area (Å²) in [6.07, 6.45) is 3.79. The van der Waals surface area contributed by atoms with E-state index in [1.54, 1.807) is 6.20 Å². The van der Waals surface area contributed by atoms with Gasteiger partial charge in [0.2, 0.25) is 0 Å². The van der Waals surface area contributed by atoms with Crippen molar-refractivity contribution < 1.29 is 4.65 Å². The second-order valence-electron chi connectivity index (χ2n) is 4.60. The molecule has 21 heavy (non-hydrogen) atoms. The summed E-state index contributed by atoms with van der Waals surface area (Å²) in [7, 11) is 0.498. The van der Waals surface area contributed by atoms with Gasteiger partial charge in [-0.1, -0.05) is 54.0 Å². The predicted molar refractivity (Wildman–Crippen MR) is 90.0 cm³/mol. The molecule has 0 spiro atoms. The molecule has 4 heteroatoms. The fourth-order valence-corrected chi connectivity index (χ4v) is 2.21. The quantitative estimate of drug-likeness (QED) is 0.670. The van der Waals surface area contributed by atoms with E-state index in [9.17, 15) is 0 Å². The molecule has 0 saturated heterocycles. The lowest BCUT2D eigenvalue weighted by Gasteiger charge is -2.06. The van der Waals surface area contributed by atoms with Crippen molar-refractivity contribution in [1.82, 2.24) is 4.98 Å². The number of hydrogen-bond acceptors (Lipinski definition) is 2. The standard InChI is InChI=1S/C17H13BClNO/c19-15-8-6-13(7-9-15)10-11-18-21-16-5-1-3-14-4-2-12-20-17(14)16/h1-12,18H. The highest BCUT2D eigenvalue weighted by molar-refractivity contribution is 6.37. The molecule has 102 valence electrons. The van der Waals surface area contributed by atoms with Crippen LogP contribution < -0.4 is 4.65 Å². The molecule has 0 fully saturated rings. The molecule has 0 aliphatic heterocycles. The highest BCUT2D eigenvalue weighted by Gasteiger charge is 2.01. The van der Waals surface area contributed by atoms with Gasteiger partial charge in [0, 0.05) is 16.6 Å². The van der Waals surface area contributed by atoms with Gasteiger partial charge >= 0.3 is 7.48 Å². The van der Waals surface area contributed by atoms with E-state index in [2.05, 4.69) is 4.98 Å². The van der Waals surface area contributed by atoms with Crippen LogP contribution in [-0.2, 0) is 0 Å². The number of nitrogens with zero attached hydrogens (tertiary/aromatic N) is 1. The van der Waals surface area contributed by atoms with Crippen molar-refractivity contribution in [1.29, 1.82) is 0 Å². The lowest BCUT2D eigenvalue weighted by molar-refractivity contribution is 0.610. The van der Waals surface area contributed by atoms with Gasteiger partial charge in [0.25, 0.3) is 0 Å². The van der Waals surface area contributed by atoms with E-state index in [4.69, 9.17) is 16.3 Å². The first-order valence-corrected chi connectivity index (χ1v) is 7.09. The molecule has 0 aliphatic rings. The number of aromatic nitrogens is 1. The SMILES string of the molecule is Clc1ccc(C=CBOc2cccc3cccnc23)cc1. The van der Waals surface area contributed by atoms with E-state index in [0.29, 0.717) is 7.48 Å². The van der Waals surface area contributed by atoms with Gasteiger partial charge in [-0.05, 0) is 29.8 Å². The Morgan fingerprint density at radius 2 is 1.81 bits per heavy atom. The van der Waals surface area contributed by atoms with Crippen LogP contribution in [0.1, 0.15) is 5.56 Å². The smallest absolute Gasteiger partial charge is 0.366 e. The van der Waals surface area contributed by atoms with Gasteiger partial charge < -0.3 is 4.65 Å². The van der Waals surface area contributed by atoms with E-state index < -0.39 is 0 Å². The Labute approximate surface area is 129 Å². The zero-order valence-corrected chi connectivity index (χ0v) is 12.1. The number of benzene rings is 2. The molecule has 0 amide bonds. The molecule has 0 aliphatic carbocycles. The van der Waals surface area contributed by atoms with Crippen LogP contribution in [0.4, 0.5) is 0 Å². The summed E-state index contributed by atoms with van der Waals surface area (Å²) < 4.78 is 5.79. The van der Waals surface area contributed by atoms with Crippen LogP contribution in [0.5, 0.6) is 5.75 Å². The fraction of sp³-hybridized carbons (Fsp3) is 0. The second kappa shape index (κ2) is 6.46. The minimum absolute atomic E-state index is 0.498. The third-order valence-electron chi connectivity index (χ3n) is 3.11. The van der Waals surface area contributed by atoms with E-state index in [-0.39, 0.29) is 0 Å². The summed E-state index contributed by atoms with van der Waals surface area (Å²) in [5.74, 6) is 2.78. The van der Waals surface area contributed by atoms with E-state index in [1.807, 2.05) is 66.6 Å². The summed E-state index contributed by atoms with van der Waals surface area (Å²) in [6.45, 7) is 0. The molecule has 0 radical (unpaired) electrons. The molecular formula is C17H13BClNO. The van der Waals surface area contributed by atoms with Gasteiger partial charge in [0.1, 0.15) is 11.3 Å². The molecule has 3 rings (SSSR count). The van der Waals surface area contributed by atoms with E-state index in [1.165, 1.54) is 0 Å². The van der Waals surface area contributed by atoms with Crippen LogP contribution in [-0.4, -0.2) is 12.5 Å². The third-order valence-corrected chi connectivity index (χ3v) is 3.36. The molecule has 2 aromatic carbocycles. The van der Waals surface area contributed by atoms with E-state index >= 15 is 0 Å². The van der Waals surface area contributed by atoms with Gasteiger partial charge in [-0.3, -0.25) is 4.98 Å². The van der Waals surface area contributed by atoms with Gasteiger partial charge in [0.15, 0.2) is 0 Å². The van der Waals surface area contributed by atoms with Crippen molar-refractivity contribution in [3.63, 3.8) is 0 Å². The van der Waals surface area contributed by atoms with Crippen LogP contribution in [0, 0.1) is 0 Å². The first kappa shape index (κ1) is 13.7. The Morgan fingerprint density at radius 1 is 1.00 bits per heavy atom. The summed E-state index contributed by atoms with van der Waals surface area (Å²) >= 11 is 5.85. The molecule has 3 aromatic rings. The Bertz CT molecular complexity index is 766. The van der Waals surface area contributed by atoms with Crippen molar-refractivity contribution in [2.45, 2.75) is 0 Å². The van der Waals surface area contributed by atoms with E-state index in [0.717, 1.165) is 27.2 Å². The highest BCUT2D eigenvalue weighted by atomic mass is 35.5. The van der Waals surface area contributed by atoms with Crippen LogP contribution in [0.3, 0.4) is 0 Å². The number of hydrogen-bond donors (Lipinski definition) is 0. The van der Waals surface area contributed by atoms with Crippen LogP contribution >= 0.6 is 11.6 Å². The molecule has 1 aromatic heterocycles. The van der Waals surface area contributed by atoms with Crippen molar-refractivity contribution >= 4 is 36.1 Å². The zero-order chi connectivity index (χ0) is 14.5. The van der Waals surface area contributed by atoms with Crippen molar-refractivity contribution in [2.75, 3.05) is 0 Å². The number of fused-ring (bicyclic) bond motifs is 1. The fourth-order valence-electron chi connectivity index (χ4n) is 2.09. The van der Waals surface area contributed by atoms with Gasteiger partial charge in [-0.25, -0.2) is 0 Å². The number of halogens is 1. The van der Waals surface area contributed by atoms with Crippen LogP contribution in [0.2, 0.25) is 5.02 Å². The highest BCUT2D eigenvalue weighted by Crippen LogP contribution is 2.22. The molecule has 0 N–H and O–H groups in total. The Morgan fingerprint density at radius 3 is 2.67 bits per heavy atom. The number of rotatable bonds is 4. The summed E-state index contributed by atoms with van der Waals surface area (Å²) in [5.41, 5.74) is 1.99. The zero-order valence-electron chi connectivity index (χ0n) is 11.4. The number of para-hydroxylation sites is 1. The number of pyridine rings is 1. The maximum Gasteiger partial charge on any atom is 0.366 e. The first-order valence-electron chi connectivity index (χ1n) is 6.71. The molecule has 0 atom stereocenters. The molecular weight excluding hydrogens is 280 g/mol. The van der Waals surface area contributed by atoms with Crippen molar-refractivity contribution in [3.8, 4) is 5.75 Å². The predicted octanol–water partition coefficient (Wildman–Crippen LogP) is 4.29. The van der Waals surface area contributed by atoms with Crippen molar-refractivity contribution in [3.05, 3.63) is 77.4 Å². The Hall–Kier alpha value is -2.26. The molecule has 1 heterocycles. The maximum absolute atomic E-state index is 5.85. The Balaban J connectivity index is 1.68. The summed E-state index contributed by atoms with van der Waals surface area (Å²) in [6, 6.07) is 17.6. The topological polar surface area (TPSA) is 22.1 Å². The lowest BCUT2D eigenvalue weighted by Crippen LogP contribution is -1.99. The van der Waals surface area contributed by atoms with Crippen LogP contribution in [0.15, 0.2) is 66.8 Å². The van der Waals surface area contributed by atoms with Gasteiger partial charge in [0.05, 0.1) is 0 Å². The minimum Gasteiger partial charge on any atom is -0.558 e.